The van der Waals surface area contributed by atoms with E-state index in [-0.39, 0.29) is 36.0 Å². The number of hydrogen-bond donors (Lipinski definition) is 1. The Kier molecular flexibility index (Phi) is 7.13. The van der Waals surface area contributed by atoms with Crippen LogP contribution in [0, 0.1) is 6.92 Å². The number of amides is 1. The number of hydrogen-bond acceptors (Lipinski definition) is 5. The molecular formula is C18H30IN7O2. The molecule has 1 saturated carbocycles. The zero-order chi connectivity index (χ0) is 18.8. The summed E-state index contributed by atoms with van der Waals surface area (Å²) in [6, 6.07) is 0.525. The minimum Gasteiger partial charge on any atom is -0.368 e. The van der Waals surface area contributed by atoms with Crippen molar-refractivity contribution in [3.8, 4) is 0 Å². The van der Waals surface area contributed by atoms with E-state index in [1.807, 2.05) is 23.4 Å². The summed E-state index contributed by atoms with van der Waals surface area (Å²) in [5.74, 6) is 2.81. The second kappa shape index (κ2) is 9.38. The lowest BCUT2D eigenvalue weighted by molar-refractivity contribution is -0.142. The predicted molar refractivity (Wildman–Crippen MR) is 116 cm³/mol. The monoisotopic (exact) mass is 503 g/mol. The summed E-state index contributed by atoms with van der Waals surface area (Å²) in [6.07, 6.45) is 4.00. The molecule has 9 nitrogen and oxygen atoms in total. The van der Waals surface area contributed by atoms with Crippen LogP contribution in [0.5, 0.6) is 0 Å². The Hall–Kier alpha value is -1.43. The van der Waals surface area contributed by atoms with Gasteiger partial charge >= 0.3 is 0 Å². The van der Waals surface area contributed by atoms with E-state index in [4.69, 9.17) is 9.73 Å². The molecule has 4 rings (SSSR count). The first-order chi connectivity index (χ1) is 13.1. The van der Waals surface area contributed by atoms with Crippen molar-refractivity contribution in [1.29, 1.82) is 0 Å². The van der Waals surface area contributed by atoms with Crippen molar-refractivity contribution in [2.24, 2.45) is 12.0 Å². The van der Waals surface area contributed by atoms with Gasteiger partial charge in [-0.2, -0.15) is 0 Å². The fraction of sp³-hybridized carbons (Fsp3) is 0.778. The highest BCUT2D eigenvalue weighted by Crippen LogP contribution is 2.20. The molecular weight excluding hydrogens is 473 g/mol. The van der Waals surface area contributed by atoms with Crippen LogP contribution in [0.15, 0.2) is 4.99 Å². The minimum absolute atomic E-state index is 0. The molecule has 156 valence electrons. The molecule has 2 saturated heterocycles. The first kappa shape index (κ1) is 21.3. The van der Waals surface area contributed by atoms with E-state index < -0.39 is 0 Å². The summed E-state index contributed by atoms with van der Waals surface area (Å²) in [5.41, 5.74) is 0. The Morgan fingerprint density at radius 3 is 2.46 bits per heavy atom. The highest BCUT2D eigenvalue weighted by atomic mass is 127. The predicted octanol–water partition coefficient (Wildman–Crippen LogP) is 0.673. The largest absolute Gasteiger partial charge is 0.368 e. The standard InChI is InChI=1S/C18H29N7O2.HI/c1-13-21-22-16(23(13)2)12-19-18(20-14-5-6-14)25-9-7-24(8-10-25)17(26)15-4-3-11-27-15;/h14-15H,3-12H2,1-2H3,(H,19,20);1H. The average Bonchev–Trinajstić information content (AvgIpc) is 3.22. The third-order valence-corrected chi connectivity index (χ3v) is 5.56. The molecule has 2 aliphatic heterocycles. The quantitative estimate of drug-likeness (QED) is 0.370. The van der Waals surface area contributed by atoms with Crippen molar-refractivity contribution in [2.75, 3.05) is 32.8 Å². The van der Waals surface area contributed by atoms with E-state index in [1.165, 1.54) is 12.8 Å². The van der Waals surface area contributed by atoms with Gasteiger partial charge in [-0.05, 0) is 32.6 Å². The normalized spacial score (nSPS) is 22.9. The third kappa shape index (κ3) is 4.94. The smallest absolute Gasteiger partial charge is 0.251 e. The second-order valence-electron chi connectivity index (χ2n) is 7.59. The summed E-state index contributed by atoms with van der Waals surface area (Å²) in [6.45, 7) is 6.15. The van der Waals surface area contributed by atoms with Crippen LogP contribution in [0.4, 0.5) is 0 Å². The number of halogens is 1. The van der Waals surface area contributed by atoms with E-state index in [2.05, 4.69) is 20.4 Å². The van der Waals surface area contributed by atoms with Crippen LogP contribution in [-0.4, -0.2) is 81.4 Å². The van der Waals surface area contributed by atoms with Crippen molar-refractivity contribution in [3.63, 3.8) is 0 Å². The van der Waals surface area contributed by atoms with E-state index in [0.29, 0.717) is 32.3 Å². The van der Waals surface area contributed by atoms with Crippen LogP contribution < -0.4 is 5.32 Å². The molecule has 1 aromatic rings. The highest BCUT2D eigenvalue weighted by Gasteiger charge is 2.32. The molecule has 1 N–H and O–H groups in total. The summed E-state index contributed by atoms with van der Waals surface area (Å²) >= 11 is 0. The molecule has 1 amide bonds. The van der Waals surface area contributed by atoms with E-state index in [0.717, 1.165) is 43.5 Å². The summed E-state index contributed by atoms with van der Waals surface area (Å²) < 4.78 is 7.52. The Labute approximate surface area is 182 Å². The van der Waals surface area contributed by atoms with Gasteiger partial charge in [0.05, 0.1) is 0 Å². The highest BCUT2D eigenvalue weighted by molar-refractivity contribution is 14.0. The van der Waals surface area contributed by atoms with Gasteiger partial charge in [-0.1, -0.05) is 0 Å². The van der Waals surface area contributed by atoms with Crippen LogP contribution in [0.3, 0.4) is 0 Å². The lowest BCUT2D eigenvalue weighted by Crippen LogP contribution is -2.55. The van der Waals surface area contributed by atoms with Gasteiger partial charge in [-0.25, -0.2) is 4.99 Å². The molecule has 1 aromatic heterocycles. The molecule has 0 aromatic carbocycles. The van der Waals surface area contributed by atoms with Gasteiger partial charge in [-0.15, -0.1) is 34.2 Å². The van der Waals surface area contributed by atoms with Crippen molar-refractivity contribution >= 4 is 35.8 Å². The summed E-state index contributed by atoms with van der Waals surface area (Å²) in [4.78, 5) is 21.5. The Balaban J connectivity index is 0.00000225. The number of nitrogens with zero attached hydrogens (tertiary/aromatic N) is 6. The number of ether oxygens (including phenoxy) is 1. The van der Waals surface area contributed by atoms with Crippen LogP contribution in [0.2, 0.25) is 0 Å². The number of carbonyl (C=O) groups excluding carboxylic acids is 1. The molecule has 3 heterocycles. The molecule has 3 fully saturated rings. The van der Waals surface area contributed by atoms with Gasteiger partial charge in [0.25, 0.3) is 5.91 Å². The summed E-state index contributed by atoms with van der Waals surface area (Å²) in [7, 11) is 1.96. The maximum Gasteiger partial charge on any atom is 0.251 e. The molecule has 3 aliphatic rings. The molecule has 1 aliphatic carbocycles. The number of guanidine groups is 1. The van der Waals surface area contributed by atoms with Gasteiger partial charge in [0, 0.05) is 45.9 Å². The number of carbonyl (C=O) groups is 1. The maximum atomic E-state index is 12.5. The maximum absolute atomic E-state index is 12.5. The van der Waals surface area contributed by atoms with E-state index in [9.17, 15) is 4.79 Å². The van der Waals surface area contributed by atoms with Crippen LogP contribution in [0.25, 0.3) is 0 Å². The van der Waals surface area contributed by atoms with Gasteiger partial charge < -0.3 is 24.4 Å². The fourth-order valence-electron chi connectivity index (χ4n) is 3.50. The first-order valence-corrected chi connectivity index (χ1v) is 9.93. The van der Waals surface area contributed by atoms with Crippen LogP contribution >= 0.6 is 24.0 Å². The van der Waals surface area contributed by atoms with Crippen molar-refractivity contribution in [3.05, 3.63) is 11.6 Å². The van der Waals surface area contributed by atoms with Crippen LogP contribution in [0.1, 0.15) is 37.3 Å². The fourth-order valence-corrected chi connectivity index (χ4v) is 3.50. The second-order valence-corrected chi connectivity index (χ2v) is 7.59. The summed E-state index contributed by atoms with van der Waals surface area (Å²) in [5, 5.41) is 11.8. The lowest BCUT2D eigenvalue weighted by atomic mass is 10.2. The Morgan fingerprint density at radius 2 is 1.89 bits per heavy atom. The first-order valence-electron chi connectivity index (χ1n) is 9.93. The topological polar surface area (TPSA) is 87.9 Å². The number of piperazine rings is 1. The zero-order valence-corrected chi connectivity index (χ0v) is 19.0. The molecule has 0 bridgehead atoms. The molecule has 0 radical (unpaired) electrons. The molecule has 10 heteroatoms. The van der Waals surface area contributed by atoms with Gasteiger partial charge in [0.15, 0.2) is 11.8 Å². The molecule has 28 heavy (non-hydrogen) atoms. The van der Waals surface area contributed by atoms with Crippen LogP contribution in [-0.2, 0) is 23.1 Å². The van der Waals surface area contributed by atoms with Crippen molar-refractivity contribution in [1.82, 2.24) is 29.9 Å². The number of aliphatic imine (C=N–C) groups is 1. The zero-order valence-electron chi connectivity index (χ0n) is 16.6. The average molecular weight is 503 g/mol. The van der Waals surface area contributed by atoms with E-state index in [1.54, 1.807) is 0 Å². The molecule has 1 atom stereocenters. The third-order valence-electron chi connectivity index (χ3n) is 5.56. The Bertz CT molecular complexity index is 705. The van der Waals surface area contributed by atoms with Gasteiger partial charge in [0.2, 0.25) is 0 Å². The number of aryl methyl sites for hydroxylation is 1. The van der Waals surface area contributed by atoms with Gasteiger partial charge in [-0.3, -0.25) is 4.79 Å². The van der Waals surface area contributed by atoms with E-state index >= 15 is 0 Å². The lowest BCUT2D eigenvalue weighted by Gasteiger charge is -2.37. The van der Waals surface area contributed by atoms with Crippen molar-refractivity contribution < 1.29 is 9.53 Å². The minimum atomic E-state index is -0.228. The number of aromatic nitrogens is 3. The number of nitrogens with one attached hydrogen (secondary N) is 1. The number of rotatable bonds is 4. The Morgan fingerprint density at radius 1 is 1.18 bits per heavy atom. The molecule has 1 unspecified atom stereocenters. The van der Waals surface area contributed by atoms with Gasteiger partial charge in [0.1, 0.15) is 18.5 Å². The van der Waals surface area contributed by atoms with Crippen molar-refractivity contribution in [2.45, 2.75) is 51.3 Å². The molecule has 0 spiro atoms. The SMILES string of the molecule is Cc1nnc(CN=C(NC2CC2)N2CCN(C(=O)C3CCCO3)CC2)n1C.I.